The maximum atomic E-state index is 13.8. The van der Waals surface area contributed by atoms with E-state index in [1.54, 1.807) is 0 Å². The number of rotatable bonds is 5. The molecule has 0 saturated heterocycles. The van der Waals surface area contributed by atoms with Gasteiger partial charge in [0.2, 0.25) is 11.6 Å². The molecule has 0 unspecified atom stereocenters. The topological polar surface area (TPSA) is 74.6 Å². The van der Waals surface area contributed by atoms with Crippen molar-refractivity contribution in [3.05, 3.63) is 91.7 Å². The van der Waals surface area contributed by atoms with E-state index in [1.165, 1.54) is 22.7 Å². The molecule has 0 radical (unpaired) electrons. The Kier molecular flexibility index (Phi) is 8.64. The molecule has 0 fully saturated rings. The van der Waals surface area contributed by atoms with Crippen molar-refractivity contribution >= 4 is 34.2 Å². The van der Waals surface area contributed by atoms with E-state index in [2.05, 4.69) is 0 Å². The largest absolute Gasteiger partial charge is 0.507 e. The van der Waals surface area contributed by atoms with Crippen molar-refractivity contribution < 1.29 is 19.8 Å². The van der Waals surface area contributed by atoms with Gasteiger partial charge in [0, 0.05) is 43.1 Å². The average Bonchev–Trinajstić information content (AvgIpc) is 3.55. The Morgan fingerprint density at radius 3 is 0.955 bits per heavy atom. The summed E-state index contributed by atoms with van der Waals surface area (Å²) in [6, 6.07) is 14.8. The van der Waals surface area contributed by atoms with Gasteiger partial charge in [-0.1, -0.05) is 83.1 Å². The number of thiophene rings is 2. The minimum Gasteiger partial charge on any atom is -0.507 e. The van der Waals surface area contributed by atoms with Crippen molar-refractivity contribution in [1.82, 2.24) is 0 Å². The molecule has 2 aromatic heterocycles. The van der Waals surface area contributed by atoms with Crippen LogP contribution in [0.15, 0.2) is 48.5 Å². The number of ketones is 2. The summed E-state index contributed by atoms with van der Waals surface area (Å²) in [6.45, 7) is 24.4. The molecule has 0 atom stereocenters. The Morgan fingerprint density at radius 1 is 0.477 bits per heavy atom. The van der Waals surface area contributed by atoms with Crippen molar-refractivity contribution in [2.24, 2.45) is 0 Å². The summed E-state index contributed by atoms with van der Waals surface area (Å²) in [7, 11) is 0. The maximum absolute atomic E-state index is 13.8. The van der Waals surface area contributed by atoms with Crippen LogP contribution in [0, 0.1) is 0 Å². The van der Waals surface area contributed by atoms with Crippen LogP contribution in [0.4, 0.5) is 0 Å². The van der Waals surface area contributed by atoms with Gasteiger partial charge in [-0.3, -0.25) is 9.59 Å². The average molecular weight is 631 g/mol. The first kappa shape index (κ1) is 33.7. The van der Waals surface area contributed by atoms with Gasteiger partial charge in [0.25, 0.3) is 0 Å². The lowest BCUT2D eigenvalue weighted by molar-refractivity contribution is 0.103. The van der Waals surface area contributed by atoms with E-state index >= 15 is 0 Å². The second-order valence-corrected chi connectivity index (χ2v) is 18.0. The third-order valence-electron chi connectivity index (χ3n) is 7.88. The van der Waals surface area contributed by atoms with Gasteiger partial charge >= 0.3 is 0 Å². The Morgan fingerprint density at radius 2 is 0.727 bits per heavy atom. The Balaban J connectivity index is 1.69. The molecule has 0 bridgehead atoms. The third-order valence-corrected chi connectivity index (χ3v) is 10.2. The van der Waals surface area contributed by atoms with Crippen LogP contribution in [0.3, 0.4) is 0 Å². The molecular formula is C38H46O4S2. The molecule has 2 aromatic carbocycles. The van der Waals surface area contributed by atoms with Crippen LogP contribution in [0.25, 0.3) is 9.75 Å². The molecule has 4 rings (SSSR count). The molecule has 2 heterocycles. The van der Waals surface area contributed by atoms with Crippen molar-refractivity contribution in [3.8, 4) is 21.3 Å². The van der Waals surface area contributed by atoms with Gasteiger partial charge in [-0.05, 0) is 70.2 Å². The van der Waals surface area contributed by atoms with E-state index < -0.39 is 0 Å². The van der Waals surface area contributed by atoms with Crippen molar-refractivity contribution in [3.63, 3.8) is 0 Å². The molecular weight excluding hydrogens is 585 g/mol. The van der Waals surface area contributed by atoms with E-state index in [0.29, 0.717) is 20.9 Å². The Hall–Kier alpha value is -3.22. The lowest BCUT2D eigenvalue weighted by Gasteiger charge is -2.28. The van der Waals surface area contributed by atoms with Crippen LogP contribution in [0.1, 0.15) is 136 Å². The molecule has 0 saturated carbocycles. The SMILES string of the molecule is CC(C)(C)c1cc(C(=O)c2ccc(-c3ccc(C(=O)c4cc(C(C)(C)C)c(O)c(C(C)(C)C)c4)s3)s2)cc(C(C)(C)C)c1O. The fourth-order valence-corrected chi connectivity index (χ4v) is 7.31. The zero-order chi connectivity index (χ0) is 33.2. The summed E-state index contributed by atoms with van der Waals surface area (Å²) < 4.78 is 0. The van der Waals surface area contributed by atoms with Gasteiger partial charge in [-0.25, -0.2) is 0 Å². The van der Waals surface area contributed by atoms with E-state index in [4.69, 9.17) is 0 Å². The second-order valence-electron chi connectivity index (χ2n) is 15.8. The smallest absolute Gasteiger partial charge is 0.202 e. The summed E-state index contributed by atoms with van der Waals surface area (Å²) in [5, 5.41) is 22.2. The lowest BCUT2D eigenvalue weighted by Crippen LogP contribution is -2.19. The number of carbonyl (C=O) groups is 2. The highest BCUT2D eigenvalue weighted by Crippen LogP contribution is 2.43. The van der Waals surface area contributed by atoms with Crippen LogP contribution < -0.4 is 0 Å². The molecule has 44 heavy (non-hydrogen) atoms. The number of carbonyl (C=O) groups excluding carboxylic acids is 2. The second kappa shape index (κ2) is 11.3. The van der Waals surface area contributed by atoms with E-state index in [-0.39, 0.29) is 44.7 Å². The molecule has 0 aliphatic rings. The molecule has 4 aromatic rings. The monoisotopic (exact) mass is 630 g/mol. The minimum atomic E-state index is -0.334. The number of benzene rings is 2. The first-order chi connectivity index (χ1) is 20.0. The number of hydrogen-bond acceptors (Lipinski definition) is 6. The van der Waals surface area contributed by atoms with Crippen LogP contribution in [-0.4, -0.2) is 21.8 Å². The summed E-state index contributed by atoms with van der Waals surface area (Å²) >= 11 is 2.82. The molecule has 234 valence electrons. The zero-order valence-corrected chi connectivity index (χ0v) is 29.8. The summed E-state index contributed by atoms with van der Waals surface area (Å²) in [5.74, 6) is 0.335. The van der Waals surface area contributed by atoms with Crippen LogP contribution in [0.2, 0.25) is 0 Å². The predicted molar refractivity (Wildman–Crippen MR) is 186 cm³/mol. The number of aromatic hydroxyl groups is 2. The van der Waals surface area contributed by atoms with Crippen molar-refractivity contribution in [1.29, 1.82) is 0 Å². The molecule has 2 N–H and O–H groups in total. The molecule has 0 spiro atoms. The zero-order valence-electron chi connectivity index (χ0n) is 28.1. The Labute approximate surface area is 270 Å². The van der Waals surface area contributed by atoms with Crippen LogP contribution >= 0.6 is 22.7 Å². The first-order valence-corrected chi connectivity index (χ1v) is 16.7. The molecule has 0 aliphatic heterocycles. The normalized spacial score (nSPS) is 12.9. The fourth-order valence-electron chi connectivity index (χ4n) is 5.29. The summed E-state index contributed by atoms with van der Waals surface area (Å²) in [4.78, 5) is 30.6. The van der Waals surface area contributed by atoms with Gasteiger partial charge in [0.05, 0.1) is 9.75 Å². The standard InChI is InChI=1S/C38H46O4S2/c1-35(2,3)23-17-21(18-24(33(23)41)36(4,5)6)31(39)29-15-13-27(43-29)28-14-16-30(44-28)32(40)22-19-25(37(7,8)9)34(42)26(20-22)38(10,11)12/h13-20,41-42H,1-12H3. The number of phenols is 2. The summed E-state index contributed by atoms with van der Waals surface area (Å²) in [6.07, 6.45) is 0. The van der Waals surface area contributed by atoms with Gasteiger partial charge in [-0.2, -0.15) is 0 Å². The third kappa shape index (κ3) is 6.72. The van der Waals surface area contributed by atoms with Gasteiger partial charge in [0.1, 0.15) is 11.5 Å². The predicted octanol–water partition coefficient (Wildman–Crippen LogP) is 10.5. The highest BCUT2D eigenvalue weighted by molar-refractivity contribution is 7.24. The highest BCUT2D eigenvalue weighted by atomic mass is 32.1. The summed E-state index contributed by atoms with van der Waals surface area (Å²) in [5.41, 5.74) is 2.80. The molecule has 0 aliphatic carbocycles. The Bertz CT molecular complexity index is 1540. The van der Waals surface area contributed by atoms with E-state index in [0.717, 1.165) is 32.0 Å². The highest BCUT2D eigenvalue weighted by Gasteiger charge is 2.30. The van der Waals surface area contributed by atoms with E-state index in [1.807, 2.05) is 132 Å². The molecule has 4 nitrogen and oxygen atoms in total. The van der Waals surface area contributed by atoms with Gasteiger partial charge in [0.15, 0.2) is 0 Å². The first-order valence-electron chi connectivity index (χ1n) is 15.1. The van der Waals surface area contributed by atoms with Gasteiger partial charge in [-0.15, -0.1) is 22.7 Å². The van der Waals surface area contributed by atoms with E-state index in [9.17, 15) is 19.8 Å². The maximum Gasteiger partial charge on any atom is 0.202 e. The molecule has 6 heteroatoms. The quantitative estimate of drug-likeness (QED) is 0.215. The number of phenolic OH excluding ortho intramolecular Hbond substituents is 2. The minimum absolute atomic E-state index is 0.0846. The fraction of sp³-hybridized carbons (Fsp3) is 0.421. The van der Waals surface area contributed by atoms with Crippen LogP contribution in [0.5, 0.6) is 11.5 Å². The number of hydrogen-bond donors (Lipinski definition) is 2. The van der Waals surface area contributed by atoms with Gasteiger partial charge < -0.3 is 10.2 Å². The lowest BCUT2D eigenvalue weighted by atomic mass is 9.78. The molecule has 0 amide bonds. The van der Waals surface area contributed by atoms with Crippen molar-refractivity contribution in [2.75, 3.05) is 0 Å². The van der Waals surface area contributed by atoms with Crippen LogP contribution in [-0.2, 0) is 21.7 Å². The van der Waals surface area contributed by atoms with Crippen molar-refractivity contribution in [2.45, 2.75) is 105 Å².